The number of carbonyl (C=O) groups excluding carboxylic acids is 2. The van der Waals surface area contributed by atoms with E-state index >= 15 is 0 Å². The van der Waals surface area contributed by atoms with Gasteiger partial charge in [-0.05, 0) is 76.5 Å². The van der Waals surface area contributed by atoms with Gasteiger partial charge in [-0.25, -0.2) is 8.78 Å². The third-order valence-electron chi connectivity index (χ3n) is 7.48. The number of aromatic nitrogens is 3. The number of hydrogen-bond acceptors (Lipinski definition) is 6. The second kappa shape index (κ2) is 18.6. The number of nitrogens with zero attached hydrogens (tertiary/aromatic N) is 4. The van der Waals surface area contributed by atoms with Crippen molar-refractivity contribution in [1.29, 1.82) is 0 Å². The standard InChI is InChI=1S/C17H21F2N3O.C10H18N2O2.C3H8.CH5N/c1-17(2,23)16-21-20-14-9-5-6-11(10-22(14)16)12-7-3-4-8-13(18)15(12)19;1-10(2-5-11-8-13)3-6-12(9-14)7-4-10;1-3-2;1-2/h4,7-8,11,23H,3,5-6,9-10H2,1-2H3;8-9H,2-7H2,1H3,(H,11,13);3H2,1-2H3;2H2,1H3/t11-;;;/m1.../s1. The van der Waals surface area contributed by atoms with Gasteiger partial charge in [0.05, 0.1) is 0 Å². The molecule has 3 aliphatic rings. The number of nitrogens with one attached hydrogen (secondary N) is 1. The number of nitrogens with two attached hydrogens (primary N) is 1. The van der Waals surface area contributed by atoms with Crippen molar-refractivity contribution in [3.63, 3.8) is 0 Å². The maximum atomic E-state index is 14.4. The van der Waals surface area contributed by atoms with Crippen LogP contribution in [0.5, 0.6) is 0 Å². The van der Waals surface area contributed by atoms with E-state index in [1.807, 2.05) is 9.47 Å². The molecule has 0 unspecified atom stereocenters. The summed E-state index contributed by atoms with van der Waals surface area (Å²) in [4.78, 5) is 22.4. The molecule has 0 bridgehead atoms. The molecule has 9 nitrogen and oxygen atoms in total. The van der Waals surface area contributed by atoms with Gasteiger partial charge in [-0.15, -0.1) is 10.2 Å². The minimum atomic E-state index is -1.13. The predicted molar refractivity (Wildman–Crippen MR) is 163 cm³/mol. The molecule has 0 spiro atoms. The van der Waals surface area contributed by atoms with Crippen molar-refractivity contribution in [3.05, 3.63) is 47.1 Å². The normalized spacial score (nSPS) is 19.6. The first-order valence-corrected chi connectivity index (χ1v) is 15.0. The number of rotatable bonds is 7. The largest absolute Gasteiger partial charge is 0.382 e. The molecule has 238 valence electrons. The Morgan fingerprint density at radius 1 is 1.19 bits per heavy atom. The number of carbonyl (C=O) groups is 2. The summed E-state index contributed by atoms with van der Waals surface area (Å²) in [5.41, 5.74) is 4.07. The van der Waals surface area contributed by atoms with Crippen LogP contribution in [-0.2, 0) is 28.2 Å². The number of piperidine rings is 1. The Hall–Kier alpha value is -2.92. The van der Waals surface area contributed by atoms with E-state index in [9.17, 15) is 23.5 Å². The molecule has 42 heavy (non-hydrogen) atoms. The predicted octanol–water partition coefficient (Wildman–Crippen LogP) is 4.87. The Morgan fingerprint density at radius 2 is 1.83 bits per heavy atom. The third kappa shape index (κ3) is 11.4. The lowest BCUT2D eigenvalue weighted by Gasteiger charge is -2.37. The van der Waals surface area contributed by atoms with E-state index in [0.717, 1.165) is 76.8 Å². The molecular formula is C31H52F2N6O3. The molecule has 1 aromatic heterocycles. The van der Waals surface area contributed by atoms with Crippen LogP contribution in [0.1, 0.15) is 91.2 Å². The fraction of sp³-hybridized carbons (Fsp3) is 0.677. The molecule has 2 aliphatic heterocycles. The number of halogens is 2. The molecular weight excluding hydrogens is 542 g/mol. The summed E-state index contributed by atoms with van der Waals surface area (Å²) in [6.07, 6.45) is 13.3. The van der Waals surface area contributed by atoms with Crippen LogP contribution in [0.15, 0.2) is 35.5 Å². The molecule has 4 N–H and O–H groups in total. The zero-order chi connectivity index (χ0) is 31.8. The lowest BCUT2D eigenvalue weighted by Crippen LogP contribution is -2.39. The summed E-state index contributed by atoms with van der Waals surface area (Å²) in [6, 6.07) is 0. The highest BCUT2D eigenvalue weighted by Crippen LogP contribution is 2.35. The van der Waals surface area contributed by atoms with Gasteiger partial charge in [0.15, 0.2) is 17.5 Å². The summed E-state index contributed by atoms with van der Waals surface area (Å²) in [7, 11) is 1.50. The Morgan fingerprint density at radius 3 is 2.40 bits per heavy atom. The van der Waals surface area contributed by atoms with Crippen molar-refractivity contribution in [3.8, 4) is 0 Å². The van der Waals surface area contributed by atoms with Crippen LogP contribution in [0.3, 0.4) is 0 Å². The maximum Gasteiger partial charge on any atom is 0.209 e. The van der Waals surface area contributed by atoms with Gasteiger partial charge >= 0.3 is 0 Å². The fourth-order valence-electron chi connectivity index (χ4n) is 5.10. The first-order chi connectivity index (χ1) is 20.0. The minimum Gasteiger partial charge on any atom is -0.382 e. The van der Waals surface area contributed by atoms with Crippen LogP contribution in [-0.4, -0.2) is 64.3 Å². The van der Waals surface area contributed by atoms with Crippen LogP contribution >= 0.6 is 0 Å². The Balaban J connectivity index is 0.000000397. The number of aliphatic hydroxyl groups is 1. The van der Waals surface area contributed by atoms with Crippen LogP contribution in [0.4, 0.5) is 8.78 Å². The number of allylic oxidation sites excluding steroid dienone is 6. The molecule has 1 saturated heterocycles. The van der Waals surface area contributed by atoms with Gasteiger partial charge in [0.2, 0.25) is 12.8 Å². The average molecular weight is 595 g/mol. The molecule has 1 aliphatic carbocycles. The molecule has 0 saturated carbocycles. The molecule has 1 atom stereocenters. The van der Waals surface area contributed by atoms with Crippen LogP contribution < -0.4 is 11.1 Å². The van der Waals surface area contributed by atoms with E-state index in [1.54, 1.807) is 26.0 Å². The number of fused-ring (bicyclic) bond motifs is 1. The molecule has 0 radical (unpaired) electrons. The zero-order valence-corrected chi connectivity index (χ0v) is 26.3. The Bertz CT molecular complexity index is 1050. The first-order valence-electron chi connectivity index (χ1n) is 15.0. The van der Waals surface area contributed by atoms with Crippen molar-refractivity contribution in [2.24, 2.45) is 17.1 Å². The molecule has 1 fully saturated rings. The van der Waals surface area contributed by atoms with E-state index < -0.39 is 17.3 Å². The van der Waals surface area contributed by atoms with Crippen molar-refractivity contribution in [2.45, 2.75) is 98.1 Å². The third-order valence-corrected chi connectivity index (χ3v) is 7.48. The minimum absolute atomic E-state index is 0.154. The molecule has 4 rings (SSSR count). The molecule has 3 heterocycles. The van der Waals surface area contributed by atoms with E-state index in [0.29, 0.717) is 24.4 Å². The molecule has 2 amide bonds. The van der Waals surface area contributed by atoms with Gasteiger partial charge in [-0.1, -0.05) is 39.3 Å². The van der Waals surface area contributed by atoms with E-state index in [2.05, 4.69) is 42.0 Å². The van der Waals surface area contributed by atoms with Gasteiger partial charge in [-0.3, -0.25) is 9.59 Å². The quantitative estimate of drug-likeness (QED) is 0.306. The summed E-state index contributed by atoms with van der Waals surface area (Å²) in [5.74, 6) is -0.479. The van der Waals surface area contributed by atoms with Gasteiger partial charge in [0.1, 0.15) is 11.4 Å². The summed E-state index contributed by atoms with van der Waals surface area (Å²) >= 11 is 0. The van der Waals surface area contributed by atoms with Gasteiger partial charge < -0.3 is 25.6 Å². The second-order valence-corrected chi connectivity index (χ2v) is 11.6. The Labute approximate surface area is 250 Å². The smallest absolute Gasteiger partial charge is 0.209 e. The first kappa shape index (κ1) is 37.1. The highest BCUT2D eigenvalue weighted by molar-refractivity contribution is 5.47. The van der Waals surface area contributed by atoms with Crippen LogP contribution in [0.2, 0.25) is 0 Å². The van der Waals surface area contributed by atoms with Crippen molar-refractivity contribution < 1.29 is 23.5 Å². The van der Waals surface area contributed by atoms with Crippen molar-refractivity contribution >= 4 is 12.8 Å². The van der Waals surface area contributed by atoms with Crippen LogP contribution in [0.25, 0.3) is 0 Å². The van der Waals surface area contributed by atoms with E-state index in [1.165, 1.54) is 19.5 Å². The van der Waals surface area contributed by atoms with Crippen molar-refractivity contribution in [2.75, 3.05) is 26.7 Å². The number of aryl methyl sites for hydroxylation is 1. The molecule has 11 heteroatoms. The number of amides is 2. The molecule has 1 aromatic rings. The highest BCUT2D eigenvalue weighted by atomic mass is 19.2. The number of hydrogen-bond donors (Lipinski definition) is 3. The van der Waals surface area contributed by atoms with Gasteiger partial charge in [-0.2, -0.15) is 0 Å². The highest BCUT2D eigenvalue weighted by Gasteiger charge is 2.31. The summed E-state index contributed by atoms with van der Waals surface area (Å²) in [5, 5.41) is 21.2. The molecule has 0 aromatic carbocycles. The maximum absolute atomic E-state index is 14.4. The van der Waals surface area contributed by atoms with E-state index in [-0.39, 0.29) is 11.3 Å². The van der Waals surface area contributed by atoms with Crippen molar-refractivity contribution in [1.82, 2.24) is 25.0 Å². The number of likely N-dealkylation sites (tertiary alicyclic amines) is 1. The zero-order valence-electron chi connectivity index (χ0n) is 26.3. The van der Waals surface area contributed by atoms with Gasteiger partial charge in [0, 0.05) is 38.5 Å². The fourth-order valence-corrected chi connectivity index (χ4v) is 5.10. The second-order valence-electron chi connectivity index (χ2n) is 11.6. The summed E-state index contributed by atoms with van der Waals surface area (Å²) in [6.45, 7) is 12.7. The monoisotopic (exact) mass is 594 g/mol. The van der Waals surface area contributed by atoms with Gasteiger partial charge in [0.25, 0.3) is 0 Å². The van der Waals surface area contributed by atoms with E-state index in [4.69, 9.17) is 0 Å². The Kier molecular flexibility index (Phi) is 16.4. The van der Waals surface area contributed by atoms with Crippen LogP contribution in [0, 0.1) is 11.3 Å². The SMILES string of the molecule is CC(C)(O)c1nnc2n1C[C@H](C1=CCC=CC(F)=C1F)CCC2.CC1(CCNC=O)CCN(C=O)CC1.CCC.CN. The average Bonchev–Trinajstić information content (AvgIpc) is 3.16. The topological polar surface area (TPSA) is 126 Å². The summed E-state index contributed by atoms with van der Waals surface area (Å²) < 4.78 is 30.0. The lowest BCUT2D eigenvalue weighted by atomic mass is 9.78. The lowest BCUT2D eigenvalue weighted by molar-refractivity contribution is -0.120.